The van der Waals surface area contributed by atoms with Crippen molar-refractivity contribution in [3.8, 4) is 0 Å². The van der Waals surface area contributed by atoms with Gasteiger partial charge >= 0.3 is 0 Å². The second-order valence-electron chi connectivity index (χ2n) is 5.99. The molecule has 0 spiro atoms. The van der Waals surface area contributed by atoms with Gasteiger partial charge in [-0.15, -0.1) is 0 Å². The van der Waals surface area contributed by atoms with Crippen LogP contribution in [0.1, 0.15) is 29.9 Å². The molecule has 0 aromatic carbocycles. The summed E-state index contributed by atoms with van der Waals surface area (Å²) < 4.78 is 11.0. The van der Waals surface area contributed by atoms with Gasteiger partial charge in [-0.25, -0.2) is 0 Å². The van der Waals surface area contributed by atoms with Crippen LogP contribution < -0.4 is 10.6 Å². The fourth-order valence-corrected chi connectivity index (χ4v) is 2.84. The zero-order chi connectivity index (χ0) is 16.0. The van der Waals surface area contributed by atoms with Crippen LogP contribution in [0.5, 0.6) is 0 Å². The highest BCUT2D eigenvalue weighted by atomic mass is 16.5. The number of hydrogen-bond donors (Lipinski definition) is 3. The van der Waals surface area contributed by atoms with Crippen LogP contribution >= 0.6 is 0 Å². The first-order valence-electron chi connectivity index (χ1n) is 7.77. The standard InChI is InChI=1S/C16H27N3O3/c1-12-8-14(13(2)22-12)9-18-15(17-3)19-10-16(4-6-20)5-7-21-11-16/h8,20H,4-7,9-11H2,1-3H3,(H2,17,18,19). The summed E-state index contributed by atoms with van der Waals surface area (Å²) in [6.07, 6.45) is 1.72. The Morgan fingerprint density at radius 2 is 2.23 bits per heavy atom. The van der Waals surface area contributed by atoms with Crippen molar-refractivity contribution in [2.75, 3.05) is 33.4 Å². The third-order valence-electron chi connectivity index (χ3n) is 4.27. The fourth-order valence-electron chi connectivity index (χ4n) is 2.84. The zero-order valence-corrected chi connectivity index (χ0v) is 13.7. The minimum atomic E-state index is 0.00845. The first-order valence-corrected chi connectivity index (χ1v) is 7.77. The van der Waals surface area contributed by atoms with E-state index in [2.05, 4.69) is 15.6 Å². The smallest absolute Gasteiger partial charge is 0.191 e. The average Bonchev–Trinajstić information content (AvgIpc) is 3.07. The minimum absolute atomic E-state index is 0.00845. The Hall–Kier alpha value is -1.53. The molecule has 22 heavy (non-hydrogen) atoms. The molecule has 0 aliphatic carbocycles. The van der Waals surface area contributed by atoms with Gasteiger partial charge in [0.15, 0.2) is 5.96 Å². The van der Waals surface area contributed by atoms with Gasteiger partial charge in [-0.3, -0.25) is 4.99 Å². The molecule has 0 amide bonds. The predicted octanol–water partition coefficient (Wildman–Crippen LogP) is 1.35. The lowest BCUT2D eigenvalue weighted by molar-refractivity contribution is 0.127. The molecule has 6 nitrogen and oxygen atoms in total. The number of nitrogens with zero attached hydrogens (tertiary/aromatic N) is 1. The lowest BCUT2D eigenvalue weighted by Crippen LogP contribution is -2.44. The Kier molecular flexibility index (Phi) is 5.85. The van der Waals surface area contributed by atoms with Crippen LogP contribution in [0.15, 0.2) is 15.5 Å². The van der Waals surface area contributed by atoms with Crippen LogP contribution in [0.4, 0.5) is 0 Å². The van der Waals surface area contributed by atoms with Gasteiger partial charge in [0.05, 0.1) is 6.61 Å². The maximum absolute atomic E-state index is 9.26. The van der Waals surface area contributed by atoms with Crippen LogP contribution in [0.2, 0.25) is 0 Å². The molecular formula is C16H27N3O3. The quantitative estimate of drug-likeness (QED) is 0.546. The third-order valence-corrected chi connectivity index (χ3v) is 4.27. The Labute approximate surface area is 132 Å². The van der Waals surface area contributed by atoms with Crippen LogP contribution in [0.25, 0.3) is 0 Å². The molecule has 0 bridgehead atoms. The van der Waals surface area contributed by atoms with E-state index in [1.807, 2.05) is 19.9 Å². The summed E-state index contributed by atoms with van der Waals surface area (Å²) in [5, 5.41) is 15.9. The van der Waals surface area contributed by atoms with Crippen molar-refractivity contribution >= 4 is 5.96 Å². The third kappa shape index (κ3) is 4.24. The van der Waals surface area contributed by atoms with E-state index < -0.39 is 0 Å². The normalized spacial score (nSPS) is 22.1. The molecule has 1 aliphatic heterocycles. The number of aliphatic hydroxyl groups excluding tert-OH is 1. The molecule has 1 saturated heterocycles. The van der Waals surface area contributed by atoms with E-state index in [1.54, 1.807) is 7.05 Å². The van der Waals surface area contributed by atoms with E-state index in [1.165, 1.54) is 0 Å². The number of nitrogens with one attached hydrogen (secondary N) is 2. The molecule has 3 N–H and O–H groups in total. The number of aliphatic imine (C=N–C) groups is 1. The maximum Gasteiger partial charge on any atom is 0.191 e. The number of aryl methyl sites for hydroxylation is 2. The van der Waals surface area contributed by atoms with Gasteiger partial charge in [0.2, 0.25) is 0 Å². The molecule has 6 heteroatoms. The van der Waals surface area contributed by atoms with E-state index in [0.29, 0.717) is 13.2 Å². The molecule has 124 valence electrons. The highest BCUT2D eigenvalue weighted by Crippen LogP contribution is 2.31. The van der Waals surface area contributed by atoms with E-state index >= 15 is 0 Å². The first kappa shape index (κ1) is 16.8. The van der Waals surface area contributed by atoms with Crippen LogP contribution in [-0.4, -0.2) is 44.5 Å². The molecule has 1 aliphatic rings. The van der Waals surface area contributed by atoms with Crippen molar-refractivity contribution in [1.82, 2.24) is 10.6 Å². The van der Waals surface area contributed by atoms with Gasteiger partial charge in [0, 0.05) is 44.3 Å². The zero-order valence-electron chi connectivity index (χ0n) is 13.7. The van der Waals surface area contributed by atoms with E-state index in [9.17, 15) is 5.11 Å². The summed E-state index contributed by atoms with van der Waals surface area (Å²) in [5.41, 5.74) is 1.14. The molecule has 0 saturated carbocycles. The highest BCUT2D eigenvalue weighted by Gasteiger charge is 2.34. The van der Waals surface area contributed by atoms with Crippen molar-refractivity contribution in [2.45, 2.75) is 33.2 Å². The molecule has 1 atom stereocenters. The number of rotatable bonds is 6. The van der Waals surface area contributed by atoms with Crippen molar-refractivity contribution in [3.05, 3.63) is 23.2 Å². The van der Waals surface area contributed by atoms with Crippen LogP contribution in [0.3, 0.4) is 0 Å². The largest absolute Gasteiger partial charge is 0.466 e. The summed E-state index contributed by atoms with van der Waals surface area (Å²) in [6, 6.07) is 2.04. The number of guanidine groups is 1. The highest BCUT2D eigenvalue weighted by molar-refractivity contribution is 5.79. The molecule has 1 unspecified atom stereocenters. The lowest BCUT2D eigenvalue weighted by Gasteiger charge is -2.27. The Morgan fingerprint density at radius 3 is 2.77 bits per heavy atom. The molecule has 1 aromatic heterocycles. The van der Waals surface area contributed by atoms with E-state index in [0.717, 1.165) is 49.0 Å². The summed E-state index contributed by atoms with van der Waals surface area (Å²) in [5.74, 6) is 2.60. The molecule has 1 fully saturated rings. The van der Waals surface area contributed by atoms with Crippen LogP contribution in [0, 0.1) is 19.3 Å². The molecule has 1 aromatic rings. The van der Waals surface area contributed by atoms with Gasteiger partial charge < -0.3 is 24.9 Å². The van der Waals surface area contributed by atoms with E-state index in [-0.39, 0.29) is 12.0 Å². The van der Waals surface area contributed by atoms with Crippen molar-refractivity contribution in [2.24, 2.45) is 10.4 Å². The summed E-state index contributed by atoms with van der Waals surface area (Å²) >= 11 is 0. The van der Waals surface area contributed by atoms with Crippen molar-refractivity contribution < 1.29 is 14.3 Å². The topological polar surface area (TPSA) is 79.0 Å². The Bertz CT molecular complexity index is 505. The van der Waals surface area contributed by atoms with Gasteiger partial charge in [-0.2, -0.15) is 0 Å². The van der Waals surface area contributed by atoms with E-state index in [4.69, 9.17) is 9.15 Å². The average molecular weight is 309 g/mol. The SMILES string of the molecule is CN=C(NCc1cc(C)oc1C)NCC1(CCO)CCOC1. The fraction of sp³-hybridized carbons (Fsp3) is 0.688. The number of aliphatic hydroxyl groups is 1. The van der Waals surface area contributed by atoms with Gasteiger partial charge in [0.1, 0.15) is 11.5 Å². The maximum atomic E-state index is 9.26. The summed E-state index contributed by atoms with van der Waals surface area (Å²) in [6.45, 7) is 6.97. The molecule has 2 heterocycles. The van der Waals surface area contributed by atoms with Crippen LogP contribution in [-0.2, 0) is 11.3 Å². The predicted molar refractivity (Wildman–Crippen MR) is 86.0 cm³/mol. The van der Waals surface area contributed by atoms with Crippen molar-refractivity contribution in [1.29, 1.82) is 0 Å². The van der Waals surface area contributed by atoms with Gasteiger partial charge in [-0.1, -0.05) is 0 Å². The summed E-state index contributed by atoms with van der Waals surface area (Å²) in [4.78, 5) is 4.25. The summed E-state index contributed by atoms with van der Waals surface area (Å²) in [7, 11) is 1.76. The first-order chi connectivity index (χ1) is 10.6. The Morgan fingerprint density at radius 1 is 1.41 bits per heavy atom. The molecule has 0 radical (unpaired) electrons. The number of furan rings is 1. The number of ether oxygens (including phenoxy) is 1. The second kappa shape index (κ2) is 7.65. The lowest BCUT2D eigenvalue weighted by atomic mass is 9.84. The Balaban J connectivity index is 1.86. The van der Waals surface area contributed by atoms with Crippen molar-refractivity contribution in [3.63, 3.8) is 0 Å². The molecular weight excluding hydrogens is 282 g/mol. The molecule has 2 rings (SSSR count). The van der Waals surface area contributed by atoms with Gasteiger partial charge in [-0.05, 0) is 32.8 Å². The monoisotopic (exact) mass is 309 g/mol. The minimum Gasteiger partial charge on any atom is -0.466 e. The number of hydrogen-bond acceptors (Lipinski definition) is 4. The second-order valence-corrected chi connectivity index (χ2v) is 5.99. The van der Waals surface area contributed by atoms with Gasteiger partial charge in [0.25, 0.3) is 0 Å².